The number of nitrogens with zero attached hydrogens (tertiary/aromatic N) is 1. The van der Waals surface area contributed by atoms with Crippen molar-refractivity contribution < 1.29 is 14.7 Å². The van der Waals surface area contributed by atoms with Gasteiger partial charge in [0.1, 0.15) is 5.76 Å². The van der Waals surface area contributed by atoms with Crippen molar-refractivity contribution in [2.45, 2.75) is 46.1 Å². The number of Topliss-reactive ketones (excluding diaryl/α,β-unsaturated/α-hetero) is 1. The Kier molecular flexibility index (Phi) is 5.80. The van der Waals surface area contributed by atoms with Crippen LogP contribution in [0.5, 0.6) is 0 Å². The topological polar surface area (TPSA) is 57.6 Å². The number of aliphatic hydroxyl groups excluding tert-OH is 1. The second-order valence-electron chi connectivity index (χ2n) is 7.03. The smallest absolute Gasteiger partial charge is 0.295 e. The third-order valence-corrected chi connectivity index (χ3v) is 6.09. The molecule has 4 nitrogen and oxygen atoms in total. The number of hydrogen-bond acceptors (Lipinski definition) is 4. The normalized spacial score (nSPS) is 19.1. The number of hydrogen-bond donors (Lipinski definition) is 1. The van der Waals surface area contributed by atoms with Crippen LogP contribution >= 0.6 is 11.3 Å². The number of likely N-dealkylation sites (tertiary alicyclic amines) is 1. The average molecular weight is 384 g/mol. The zero-order valence-electron chi connectivity index (χ0n) is 16.0. The highest BCUT2D eigenvalue weighted by Gasteiger charge is 2.46. The molecular formula is C22H25NO3S. The van der Waals surface area contributed by atoms with Gasteiger partial charge in [-0.1, -0.05) is 49.6 Å². The lowest BCUT2D eigenvalue weighted by Gasteiger charge is -2.24. The third kappa shape index (κ3) is 3.69. The second kappa shape index (κ2) is 8.09. The van der Waals surface area contributed by atoms with Crippen LogP contribution in [0.2, 0.25) is 0 Å². The first-order valence-corrected chi connectivity index (χ1v) is 10.2. The molecule has 142 valence electrons. The molecule has 1 aliphatic rings. The Morgan fingerprint density at radius 3 is 2.41 bits per heavy atom. The summed E-state index contributed by atoms with van der Waals surface area (Å²) in [6, 6.07) is 8.82. The molecule has 5 heteroatoms. The van der Waals surface area contributed by atoms with Crippen molar-refractivity contribution in [2.75, 3.05) is 6.54 Å². The molecule has 1 fully saturated rings. The van der Waals surface area contributed by atoms with E-state index in [0.29, 0.717) is 12.1 Å². The number of carbonyl (C=O) groups is 2. The molecule has 0 bridgehead atoms. The highest BCUT2D eigenvalue weighted by molar-refractivity contribution is 7.10. The van der Waals surface area contributed by atoms with Crippen LogP contribution in [0.3, 0.4) is 0 Å². The summed E-state index contributed by atoms with van der Waals surface area (Å²) in [5, 5.41) is 12.9. The molecule has 0 saturated carbocycles. The van der Waals surface area contributed by atoms with E-state index in [0.717, 1.165) is 35.3 Å². The van der Waals surface area contributed by atoms with Gasteiger partial charge >= 0.3 is 0 Å². The molecule has 0 aliphatic carbocycles. The summed E-state index contributed by atoms with van der Waals surface area (Å²) < 4.78 is 0. The Balaban J connectivity index is 2.10. The molecule has 27 heavy (non-hydrogen) atoms. The summed E-state index contributed by atoms with van der Waals surface area (Å²) in [6.45, 7) is 6.56. The predicted molar refractivity (Wildman–Crippen MR) is 109 cm³/mol. The molecule has 1 aromatic carbocycles. The standard InChI is InChI=1S/C22H25NO3S/c1-4-5-6-12-23-18(21-15(3)11-13-27-21)17(20(25)22(23)26)19(24)16-9-7-14(2)8-10-16/h7-11,13,18,24H,4-6,12H2,1-3H3/b19-17-. The van der Waals surface area contributed by atoms with E-state index in [-0.39, 0.29) is 11.3 Å². The van der Waals surface area contributed by atoms with E-state index in [2.05, 4.69) is 6.92 Å². The maximum atomic E-state index is 12.8. The number of benzene rings is 1. The minimum atomic E-state index is -0.595. The van der Waals surface area contributed by atoms with E-state index < -0.39 is 17.7 Å². The molecule has 1 unspecified atom stereocenters. The van der Waals surface area contributed by atoms with Crippen LogP contribution in [0.1, 0.15) is 53.8 Å². The van der Waals surface area contributed by atoms with Gasteiger partial charge < -0.3 is 10.0 Å². The lowest BCUT2D eigenvalue weighted by atomic mass is 9.98. The van der Waals surface area contributed by atoms with Crippen molar-refractivity contribution in [2.24, 2.45) is 0 Å². The second-order valence-corrected chi connectivity index (χ2v) is 7.98. The molecule has 1 aliphatic heterocycles. The molecule has 1 saturated heterocycles. The van der Waals surface area contributed by atoms with Crippen LogP contribution in [0, 0.1) is 13.8 Å². The fourth-order valence-electron chi connectivity index (χ4n) is 3.45. The van der Waals surface area contributed by atoms with Gasteiger partial charge in [0.2, 0.25) is 0 Å². The Morgan fingerprint density at radius 1 is 1.11 bits per heavy atom. The summed E-state index contributed by atoms with van der Waals surface area (Å²) in [6.07, 6.45) is 2.88. The Labute approximate surface area is 164 Å². The summed E-state index contributed by atoms with van der Waals surface area (Å²) in [4.78, 5) is 28.2. The molecule has 1 N–H and O–H groups in total. The molecule has 2 heterocycles. The molecule has 1 amide bonds. The van der Waals surface area contributed by atoms with Gasteiger partial charge in [0.15, 0.2) is 0 Å². The van der Waals surface area contributed by atoms with Crippen molar-refractivity contribution in [3.8, 4) is 0 Å². The number of rotatable bonds is 6. The Morgan fingerprint density at radius 2 is 1.81 bits per heavy atom. The number of ketones is 1. The molecule has 0 radical (unpaired) electrons. The van der Waals surface area contributed by atoms with Gasteiger partial charge in [0.25, 0.3) is 11.7 Å². The van der Waals surface area contributed by atoms with Gasteiger partial charge in [-0.3, -0.25) is 9.59 Å². The zero-order chi connectivity index (χ0) is 19.6. The predicted octanol–water partition coefficient (Wildman–Crippen LogP) is 4.98. The minimum Gasteiger partial charge on any atom is -0.507 e. The summed E-state index contributed by atoms with van der Waals surface area (Å²) in [5.74, 6) is -1.20. The first-order valence-electron chi connectivity index (χ1n) is 9.35. The first kappa shape index (κ1) is 19.4. The van der Waals surface area contributed by atoms with E-state index in [1.165, 1.54) is 11.3 Å². The lowest BCUT2D eigenvalue weighted by Crippen LogP contribution is -2.30. The highest BCUT2D eigenvalue weighted by atomic mass is 32.1. The van der Waals surface area contributed by atoms with Crippen LogP contribution in [-0.2, 0) is 9.59 Å². The molecule has 1 aromatic heterocycles. The fourth-order valence-corrected chi connectivity index (χ4v) is 4.49. The van der Waals surface area contributed by atoms with Gasteiger partial charge in [-0.15, -0.1) is 11.3 Å². The first-order chi connectivity index (χ1) is 13.0. The third-order valence-electron chi connectivity index (χ3n) is 5.02. The van der Waals surface area contributed by atoms with Gasteiger partial charge in [0, 0.05) is 17.0 Å². The van der Waals surface area contributed by atoms with Gasteiger partial charge in [-0.05, 0) is 37.3 Å². The van der Waals surface area contributed by atoms with Crippen molar-refractivity contribution >= 4 is 28.8 Å². The highest BCUT2D eigenvalue weighted by Crippen LogP contribution is 2.42. The van der Waals surface area contributed by atoms with E-state index in [1.807, 2.05) is 37.4 Å². The monoisotopic (exact) mass is 383 g/mol. The van der Waals surface area contributed by atoms with E-state index in [1.54, 1.807) is 17.0 Å². The van der Waals surface area contributed by atoms with E-state index >= 15 is 0 Å². The van der Waals surface area contributed by atoms with Crippen molar-refractivity contribution in [1.29, 1.82) is 0 Å². The largest absolute Gasteiger partial charge is 0.507 e. The SMILES string of the molecule is CCCCCN1C(=O)C(=O)/C(=C(\O)c2ccc(C)cc2)C1c1sccc1C. The van der Waals surface area contributed by atoms with Crippen LogP contribution in [0.15, 0.2) is 41.3 Å². The maximum Gasteiger partial charge on any atom is 0.295 e. The quantitative estimate of drug-likeness (QED) is 0.331. The number of aryl methyl sites for hydroxylation is 2. The fraction of sp³-hybridized carbons (Fsp3) is 0.364. The summed E-state index contributed by atoms with van der Waals surface area (Å²) >= 11 is 1.52. The van der Waals surface area contributed by atoms with E-state index in [4.69, 9.17) is 0 Å². The zero-order valence-corrected chi connectivity index (χ0v) is 16.8. The van der Waals surface area contributed by atoms with Gasteiger partial charge in [-0.25, -0.2) is 0 Å². The van der Waals surface area contributed by atoms with Crippen molar-refractivity contribution in [3.63, 3.8) is 0 Å². The number of amides is 1. The van der Waals surface area contributed by atoms with Crippen molar-refractivity contribution in [1.82, 2.24) is 4.90 Å². The Bertz CT molecular complexity index is 879. The summed E-state index contributed by atoms with van der Waals surface area (Å²) in [7, 11) is 0. The molecule has 2 aromatic rings. The average Bonchev–Trinajstić information content (AvgIpc) is 3.18. The van der Waals surface area contributed by atoms with Gasteiger partial charge in [-0.2, -0.15) is 0 Å². The van der Waals surface area contributed by atoms with Crippen LogP contribution in [0.4, 0.5) is 0 Å². The van der Waals surface area contributed by atoms with Crippen LogP contribution in [0.25, 0.3) is 5.76 Å². The van der Waals surface area contributed by atoms with E-state index in [9.17, 15) is 14.7 Å². The molecule has 3 rings (SSSR count). The number of thiophene rings is 1. The molecule has 1 atom stereocenters. The molecular weight excluding hydrogens is 358 g/mol. The summed E-state index contributed by atoms with van der Waals surface area (Å²) in [5.41, 5.74) is 2.86. The molecule has 0 spiro atoms. The van der Waals surface area contributed by atoms with Gasteiger partial charge in [0.05, 0.1) is 11.6 Å². The Hall–Kier alpha value is -2.40. The number of unbranched alkanes of at least 4 members (excludes halogenated alkanes) is 2. The van der Waals surface area contributed by atoms with Crippen LogP contribution < -0.4 is 0 Å². The lowest BCUT2D eigenvalue weighted by molar-refractivity contribution is -0.139. The maximum absolute atomic E-state index is 12.8. The van der Waals surface area contributed by atoms with Crippen LogP contribution in [-0.4, -0.2) is 28.2 Å². The van der Waals surface area contributed by atoms with Crippen molar-refractivity contribution in [3.05, 3.63) is 62.9 Å². The number of carbonyl (C=O) groups excluding carboxylic acids is 2. The number of aliphatic hydroxyl groups is 1. The minimum absolute atomic E-state index is 0.0934.